The van der Waals surface area contributed by atoms with Crippen molar-refractivity contribution in [2.24, 2.45) is 22.4 Å². The average molecular weight is 372 g/mol. The fourth-order valence-corrected chi connectivity index (χ4v) is 6.86. The van der Waals surface area contributed by atoms with Crippen LogP contribution in [0.3, 0.4) is 0 Å². The topological polar surface area (TPSA) is 30.8 Å². The third kappa shape index (κ3) is 3.00. The van der Waals surface area contributed by atoms with E-state index in [1.54, 1.807) is 12.7 Å². The molecule has 0 spiro atoms. The normalized spacial score (nSPS) is 34.8. The van der Waals surface area contributed by atoms with Crippen LogP contribution in [0.4, 0.5) is 0 Å². The van der Waals surface area contributed by atoms with E-state index in [4.69, 9.17) is 9.26 Å². The number of nitrogens with zero attached hydrogens (tertiary/aromatic N) is 1. The molecule has 4 heteroatoms. The maximum Gasteiger partial charge on any atom is 0.242 e. The quantitative estimate of drug-likeness (QED) is 0.499. The first kappa shape index (κ1) is 18.1. The fraction of sp³-hybridized carbons (Fsp3) is 0.682. The highest BCUT2D eigenvalue weighted by Gasteiger charge is 2.53. The molecule has 0 N–H and O–H groups in total. The van der Waals surface area contributed by atoms with Crippen molar-refractivity contribution in [1.29, 1.82) is 0 Å². The van der Waals surface area contributed by atoms with Gasteiger partial charge in [-0.1, -0.05) is 18.1 Å². The second-order valence-electron chi connectivity index (χ2n) is 9.71. The molecule has 0 bridgehead atoms. The molecule has 3 aliphatic carbocycles. The average Bonchev–Trinajstić information content (AvgIpc) is 2.90. The molecule has 3 nitrogen and oxygen atoms in total. The Labute approximate surface area is 159 Å². The minimum atomic E-state index is -1.55. The molecule has 0 aromatic heterocycles. The lowest BCUT2D eigenvalue weighted by Crippen LogP contribution is -2.42. The predicted octanol–water partition coefficient (Wildman–Crippen LogP) is 5.76. The summed E-state index contributed by atoms with van der Waals surface area (Å²) in [4.78, 5) is 5.16. The summed E-state index contributed by atoms with van der Waals surface area (Å²) in [6, 6.07) is 6.94. The number of hydrogen-bond donors (Lipinski definition) is 0. The molecule has 4 unspecified atom stereocenters. The van der Waals surface area contributed by atoms with Gasteiger partial charge in [-0.25, -0.2) is 0 Å². The first-order valence-electron chi connectivity index (χ1n) is 10.2. The molecule has 0 radical (unpaired) electrons. The van der Waals surface area contributed by atoms with Crippen molar-refractivity contribution in [1.82, 2.24) is 0 Å². The maximum absolute atomic E-state index is 6.24. The Morgan fingerprint density at radius 1 is 1.12 bits per heavy atom. The third-order valence-electron chi connectivity index (χ3n) is 7.06. The zero-order valence-corrected chi connectivity index (χ0v) is 18.0. The van der Waals surface area contributed by atoms with E-state index in [2.05, 4.69) is 49.9 Å². The Balaban J connectivity index is 1.60. The lowest BCUT2D eigenvalue weighted by Gasteiger charge is -2.49. The van der Waals surface area contributed by atoms with E-state index in [1.807, 2.05) is 0 Å². The van der Waals surface area contributed by atoms with E-state index in [-0.39, 0.29) is 5.41 Å². The van der Waals surface area contributed by atoms with Gasteiger partial charge in [-0.3, -0.25) is 0 Å². The molecular weight excluding hydrogens is 338 g/mol. The summed E-state index contributed by atoms with van der Waals surface area (Å²) in [6.45, 7) is 9.20. The molecule has 2 fully saturated rings. The molecule has 0 heterocycles. The summed E-state index contributed by atoms with van der Waals surface area (Å²) >= 11 is 0. The van der Waals surface area contributed by atoms with E-state index in [1.165, 1.54) is 43.4 Å². The van der Waals surface area contributed by atoms with E-state index in [0.29, 0.717) is 0 Å². The number of aryl methyl sites for hydroxylation is 1. The molecule has 26 heavy (non-hydrogen) atoms. The summed E-state index contributed by atoms with van der Waals surface area (Å²) in [5.41, 5.74) is 4.71. The molecule has 4 atom stereocenters. The van der Waals surface area contributed by atoms with Crippen molar-refractivity contribution < 1.29 is 9.26 Å². The lowest BCUT2D eigenvalue weighted by molar-refractivity contribution is 0.0924. The van der Waals surface area contributed by atoms with Crippen molar-refractivity contribution >= 4 is 14.0 Å². The maximum atomic E-state index is 6.24. The molecule has 142 valence electrons. The largest absolute Gasteiger partial charge is 0.544 e. The fourth-order valence-electron chi connectivity index (χ4n) is 6.02. The van der Waals surface area contributed by atoms with E-state index < -0.39 is 8.32 Å². The highest BCUT2D eigenvalue weighted by molar-refractivity contribution is 6.70. The molecule has 0 saturated heterocycles. The van der Waals surface area contributed by atoms with Gasteiger partial charge in [-0.05, 0) is 99.2 Å². The molecule has 1 aromatic rings. The number of fused-ring (bicyclic) bond motifs is 5. The van der Waals surface area contributed by atoms with Crippen LogP contribution in [-0.2, 0) is 11.3 Å². The van der Waals surface area contributed by atoms with Gasteiger partial charge in [0, 0.05) is 5.41 Å². The van der Waals surface area contributed by atoms with Crippen LogP contribution in [0, 0.1) is 17.3 Å². The van der Waals surface area contributed by atoms with Crippen LogP contribution in [-0.4, -0.2) is 21.1 Å². The Bertz CT molecular complexity index is 723. The van der Waals surface area contributed by atoms with Gasteiger partial charge in [0.2, 0.25) is 8.32 Å². The van der Waals surface area contributed by atoms with Crippen LogP contribution in [0.25, 0.3) is 0 Å². The summed E-state index contributed by atoms with van der Waals surface area (Å²) in [5.74, 6) is 3.37. The van der Waals surface area contributed by atoms with Crippen LogP contribution in [0.5, 0.6) is 5.75 Å². The van der Waals surface area contributed by atoms with Gasteiger partial charge in [-0.15, -0.1) is 0 Å². The molecule has 0 aliphatic heterocycles. The molecule has 0 amide bonds. The summed E-state index contributed by atoms with van der Waals surface area (Å²) in [7, 11) is 0.141. The number of hydrogen-bond acceptors (Lipinski definition) is 3. The van der Waals surface area contributed by atoms with Gasteiger partial charge in [0.1, 0.15) is 12.9 Å². The highest BCUT2D eigenvalue weighted by atomic mass is 28.4. The first-order chi connectivity index (χ1) is 12.3. The molecule has 1 aromatic carbocycles. The predicted molar refractivity (Wildman–Crippen MR) is 109 cm³/mol. The van der Waals surface area contributed by atoms with E-state index in [0.717, 1.165) is 29.9 Å². The minimum absolute atomic E-state index is 0.259. The summed E-state index contributed by atoms with van der Waals surface area (Å²) in [6.07, 6.45) is 7.44. The number of benzene rings is 1. The van der Waals surface area contributed by atoms with Crippen molar-refractivity contribution in [2.75, 3.05) is 7.11 Å². The van der Waals surface area contributed by atoms with Crippen LogP contribution < -0.4 is 4.43 Å². The van der Waals surface area contributed by atoms with Gasteiger partial charge in [0.25, 0.3) is 0 Å². The molecule has 4 rings (SSSR count). The molecular formula is C22H33NO2Si. The summed E-state index contributed by atoms with van der Waals surface area (Å²) in [5, 5.41) is 4.41. The standard InChI is InChI=1S/C22H33NO2Si/c1-22-13-12-18-17-9-7-16(25-26(3,4)5)14-15(17)6-8-19(18)20(22)10-11-21(22)23-24-2/h7,9,14,18-20H,6,8,10-13H2,1-5H3/b23-21+. The Morgan fingerprint density at radius 3 is 2.65 bits per heavy atom. The van der Waals surface area contributed by atoms with E-state index in [9.17, 15) is 0 Å². The zero-order chi connectivity index (χ0) is 18.5. The van der Waals surface area contributed by atoms with Crippen LogP contribution in [0.2, 0.25) is 19.6 Å². The number of rotatable bonds is 3. The Kier molecular flexibility index (Phi) is 4.45. The SMILES string of the molecule is CO/N=C1\CCC2C3CCc4cc(O[Si](C)(C)C)ccc4C3CCC12C. The molecule has 3 aliphatic rings. The highest BCUT2D eigenvalue weighted by Crippen LogP contribution is 2.60. The lowest BCUT2D eigenvalue weighted by atomic mass is 9.55. The van der Waals surface area contributed by atoms with Crippen molar-refractivity contribution in [3.8, 4) is 5.75 Å². The van der Waals surface area contributed by atoms with Gasteiger partial charge < -0.3 is 9.26 Å². The van der Waals surface area contributed by atoms with Gasteiger partial charge in [0.05, 0.1) is 5.71 Å². The van der Waals surface area contributed by atoms with Crippen molar-refractivity contribution in [3.63, 3.8) is 0 Å². The second kappa shape index (κ2) is 6.40. The minimum Gasteiger partial charge on any atom is -0.544 e. The third-order valence-corrected chi connectivity index (χ3v) is 7.91. The van der Waals surface area contributed by atoms with Crippen LogP contribution >= 0.6 is 0 Å². The van der Waals surface area contributed by atoms with Gasteiger partial charge in [-0.2, -0.15) is 0 Å². The summed E-state index contributed by atoms with van der Waals surface area (Å²) < 4.78 is 6.24. The Morgan fingerprint density at radius 2 is 1.92 bits per heavy atom. The van der Waals surface area contributed by atoms with Crippen molar-refractivity contribution in [3.05, 3.63) is 29.3 Å². The zero-order valence-electron chi connectivity index (χ0n) is 17.0. The second-order valence-corrected chi connectivity index (χ2v) is 14.1. The Hall–Kier alpha value is -1.29. The van der Waals surface area contributed by atoms with Crippen LogP contribution in [0.15, 0.2) is 23.4 Å². The van der Waals surface area contributed by atoms with Gasteiger partial charge >= 0.3 is 0 Å². The van der Waals surface area contributed by atoms with Gasteiger partial charge in [0.15, 0.2) is 0 Å². The molecule has 2 saturated carbocycles. The monoisotopic (exact) mass is 371 g/mol. The van der Waals surface area contributed by atoms with E-state index >= 15 is 0 Å². The first-order valence-corrected chi connectivity index (χ1v) is 13.6. The number of oxime groups is 1. The van der Waals surface area contributed by atoms with Crippen molar-refractivity contribution in [2.45, 2.75) is 71.0 Å². The van der Waals surface area contributed by atoms with Crippen LogP contribution in [0.1, 0.15) is 56.1 Å². The smallest absolute Gasteiger partial charge is 0.242 e.